The second-order valence-electron chi connectivity index (χ2n) is 7.51. The fraction of sp³-hybridized carbons (Fsp3) is 0.200. The van der Waals surface area contributed by atoms with Crippen molar-refractivity contribution in [1.82, 2.24) is 9.55 Å². The van der Waals surface area contributed by atoms with Crippen molar-refractivity contribution in [2.24, 2.45) is 0 Å². The molecule has 0 spiro atoms. The van der Waals surface area contributed by atoms with Gasteiger partial charge in [-0.25, -0.2) is 4.98 Å². The lowest BCUT2D eigenvalue weighted by molar-refractivity contribution is 0.425. The van der Waals surface area contributed by atoms with Crippen molar-refractivity contribution in [2.45, 2.75) is 32.2 Å². The molecule has 144 valence electrons. The summed E-state index contributed by atoms with van der Waals surface area (Å²) < 4.78 is 8.28. The summed E-state index contributed by atoms with van der Waals surface area (Å²) >= 11 is 0. The summed E-state index contributed by atoms with van der Waals surface area (Å²) in [5, 5.41) is 11.1. The van der Waals surface area contributed by atoms with Crippen LogP contribution in [0, 0.1) is 5.41 Å². The Morgan fingerprint density at radius 1 is 1.00 bits per heavy atom. The Labute approximate surface area is 169 Å². The first-order valence-corrected chi connectivity index (χ1v) is 10.2. The molecule has 0 fully saturated rings. The molecular weight excluding hydrogens is 358 g/mol. The van der Waals surface area contributed by atoms with Gasteiger partial charge in [-0.15, -0.1) is 0 Å². The summed E-state index contributed by atoms with van der Waals surface area (Å²) in [6.45, 7) is 2.95. The van der Waals surface area contributed by atoms with E-state index in [1.807, 2.05) is 22.8 Å². The normalized spacial score (nSPS) is 14.9. The van der Waals surface area contributed by atoms with Crippen LogP contribution in [0.4, 0.5) is 0 Å². The molecular formula is C25H23N3O. The van der Waals surface area contributed by atoms with Gasteiger partial charge in [0.2, 0.25) is 5.88 Å². The molecule has 0 radical (unpaired) electrons. The molecule has 1 atom stereocenters. The molecule has 1 aliphatic heterocycles. The zero-order chi connectivity index (χ0) is 19.8. The molecule has 1 aliphatic rings. The molecule has 29 heavy (non-hydrogen) atoms. The average Bonchev–Trinajstić information content (AvgIpc) is 2.78. The number of fused-ring (bicyclic) bond motifs is 4. The molecule has 0 saturated carbocycles. The van der Waals surface area contributed by atoms with Crippen LogP contribution in [0.1, 0.15) is 42.4 Å². The molecule has 0 unspecified atom stereocenters. The van der Waals surface area contributed by atoms with Crippen molar-refractivity contribution >= 4 is 10.8 Å². The van der Waals surface area contributed by atoms with Crippen molar-refractivity contribution in [2.75, 3.05) is 0 Å². The zero-order valence-corrected chi connectivity index (χ0v) is 16.4. The van der Waals surface area contributed by atoms with Crippen molar-refractivity contribution in [1.29, 1.82) is 5.41 Å². The second kappa shape index (κ2) is 7.21. The van der Waals surface area contributed by atoms with Crippen LogP contribution in [0.3, 0.4) is 0 Å². The van der Waals surface area contributed by atoms with E-state index in [1.165, 1.54) is 0 Å². The highest BCUT2D eigenvalue weighted by atomic mass is 16.5. The van der Waals surface area contributed by atoms with Gasteiger partial charge >= 0.3 is 0 Å². The highest BCUT2D eigenvalue weighted by molar-refractivity contribution is 5.91. The fourth-order valence-corrected chi connectivity index (χ4v) is 4.19. The van der Waals surface area contributed by atoms with Crippen LogP contribution in [-0.4, -0.2) is 9.55 Å². The van der Waals surface area contributed by atoms with E-state index < -0.39 is 0 Å². The molecule has 4 nitrogen and oxygen atoms in total. The average molecular weight is 381 g/mol. The standard InChI is InChI=1S/C25H23N3O/c1-2-3-15-28-16-27-25-22(24(28)26)21(18-10-5-4-6-11-18)20-14-13-17-9-7-8-12-19(17)23(20)29-25/h4-14,16,21,26H,2-3,15H2,1H3/t21-/m0/s1. The molecule has 1 N–H and O–H groups in total. The van der Waals surface area contributed by atoms with Gasteiger partial charge in [0.1, 0.15) is 17.6 Å². The van der Waals surface area contributed by atoms with E-state index in [-0.39, 0.29) is 5.92 Å². The number of benzene rings is 3. The number of hydrogen-bond acceptors (Lipinski definition) is 3. The third-order valence-electron chi connectivity index (χ3n) is 5.68. The lowest BCUT2D eigenvalue weighted by Crippen LogP contribution is -2.30. The van der Waals surface area contributed by atoms with E-state index in [2.05, 4.69) is 60.4 Å². The van der Waals surface area contributed by atoms with E-state index >= 15 is 0 Å². The quantitative estimate of drug-likeness (QED) is 0.440. The lowest BCUT2D eigenvalue weighted by atomic mass is 9.83. The van der Waals surface area contributed by atoms with Crippen LogP contribution in [0.5, 0.6) is 11.6 Å². The lowest BCUT2D eigenvalue weighted by Gasteiger charge is -2.29. The van der Waals surface area contributed by atoms with Gasteiger partial charge in [-0.3, -0.25) is 5.41 Å². The summed E-state index contributed by atoms with van der Waals surface area (Å²) in [6.07, 6.45) is 3.85. The fourth-order valence-electron chi connectivity index (χ4n) is 4.19. The Kier molecular flexibility index (Phi) is 4.39. The number of hydrogen-bond donors (Lipinski definition) is 1. The van der Waals surface area contributed by atoms with E-state index in [0.29, 0.717) is 11.4 Å². The third-order valence-corrected chi connectivity index (χ3v) is 5.68. The van der Waals surface area contributed by atoms with E-state index in [1.54, 1.807) is 6.33 Å². The van der Waals surface area contributed by atoms with Crippen molar-refractivity contribution in [3.63, 3.8) is 0 Å². The third kappa shape index (κ3) is 2.92. The van der Waals surface area contributed by atoms with Gasteiger partial charge in [0.05, 0.1) is 5.56 Å². The second-order valence-corrected chi connectivity index (χ2v) is 7.51. The van der Waals surface area contributed by atoms with Gasteiger partial charge in [-0.2, -0.15) is 0 Å². The van der Waals surface area contributed by atoms with Gasteiger partial charge in [-0.1, -0.05) is 80.1 Å². The van der Waals surface area contributed by atoms with Crippen LogP contribution in [0.2, 0.25) is 0 Å². The van der Waals surface area contributed by atoms with Crippen LogP contribution in [0.25, 0.3) is 10.8 Å². The summed E-state index contributed by atoms with van der Waals surface area (Å²) in [5.74, 6) is 1.32. The maximum Gasteiger partial charge on any atom is 0.228 e. The van der Waals surface area contributed by atoms with Gasteiger partial charge in [0, 0.05) is 23.4 Å². The number of unbranched alkanes of at least 4 members (excludes halogenated alkanes) is 1. The monoisotopic (exact) mass is 381 g/mol. The molecule has 5 rings (SSSR count). The summed E-state index contributed by atoms with van der Waals surface area (Å²) in [5.41, 5.74) is 3.57. The van der Waals surface area contributed by atoms with Gasteiger partial charge in [0.15, 0.2) is 0 Å². The summed E-state index contributed by atoms with van der Waals surface area (Å²) in [7, 11) is 0. The largest absolute Gasteiger partial charge is 0.438 e. The van der Waals surface area contributed by atoms with E-state index in [9.17, 15) is 0 Å². The Balaban J connectivity index is 1.78. The highest BCUT2D eigenvalue weighted by Crippen LogP contribution is 2.47. The molecule has 4 heteroatoms. The number of aryl methyl sites for hydroxylation is 1. The Morgan fingerprint density at radius 3 is 2.62 bits per heavy atom. The molecule has 2 heterocycles. The number of rotatable bonds is 4. The van der Waals surface area contributed by atoms with Gasteiger partial charge in [-0.05, 0) is 17.4 Å². The predicted octanol–water partition coefficient (Wildman–Crippen LogP) is 5.60. The molecule has 0 bridgehead atoms. The van der Waals surface area contributed by atoms with E-state index in [4.69, 9.17) is 10.1 Å². The first kappa shape index (κ1) is 17.7. The summed E-state index contributed by atoms with van der Waals surface area (Å²) in [6, 6.07) is 22.9. The predicted molar refractivity (Wildman–Crippen MR) is 114 cm³/mol. The molecule has 0 amide bonds. The SMILES string of the molecule is CCCCn1cnc2c(c1=N)[C@@H](c1ccccc1)c1ccc3ccccc3c1O2. The Bertz CT molecular complexity index is 1240. The Hall–Kier alpha value is -3.40. The zero-order valence-electron chi connectivity index (χ0n) is 16.4. The first-order chi connectivity index (χ1) is 14.3. The molecule has 1 aromatic heterocycles. The molecule has 4 aromatic rings. The van der Waals surface area contributed by atoms with E-state index in [0.717, 1.165) is 52.6 Å². The van der Waals surface area contributed by atoms with Gasteiger partial charge in [0.25, 0.3) is 0 Å². The van der Waals surface area contributed by atoms with Crippen LogP contribution >= 0.6 is 0 Å². The maximum absolute atomic E-state index is 8.93. The minimum absolute atomic E-state index is 0.0753. The van der Waals surface area contributed by atoms with Crippen LogP contribution < -0.4 is 10.2 Å². The molecule has 0 aliphatic carbocycles. The van der Waals surface area contributed by atoms with Crippen molar-refractivity contribution < 1.29 is 4.74 Å². The molecule has 3 aromatic carbocycles. The number of nitrogens with one attached hydrogen (secondary N) is 1. The minimum atomic E-state index is -0.0753. The van der Waals surface area contributed by atoms with Crippen LogP contribution in [0.15, 0.2) is 73.1 Å². The van der Waals surface area contributed by atoms with Crippen LogP contribution in [-0.2, 0) is 6.54 Å². The van der Waals surface area contributed by atoms with Crippen molar-refractivity contribution in [3.05, 3.63) is 95.2 Å². The van der Waals surface area contributed by atoms with Crippen molar-refractivity contribution in [3.8, 4) is 11.6 Å². The number of aromatic nitrogens is 2. The number of nitrogens with zero attached hydrogens (tertiary/aromatic N) is 2. The topological polar surface area (TPSA) is 50.9 Å². The van der Waals surface area contributed by atoms with Gasteiger partial charge < -0.3 is 9.30 Å². The maximum atomic E-state index is 8.93. The highest BCUT2D eigenvalue weighted by Gasteiger charge is 2.32. The minimum Gasteiger partial charge on any atom is -0.438 e. The molecule has 0 saturated heterocycles. The smallest absolute Gasteiger partial charge is 0.228 e. The number of ether oxygens (including phenoxy) is 1. The Morgan fingerprint density at radius 2 is 1.79 bits per heavy atom. The first-order valence-electron chi connectivity index (χ1n) is 10.2. The summed E-state index contributed by atoms with van der Waals surface area (Å²) in [4.78, 5) is 4.64.